The topological polar surface area (TPSA) is 61.6 Å². The SMILES string of the molecule is Cn1c(N2CC[C@H](O)C2)nc2cc(C(=O)N3CCc4ccccc4C3)ccc21. The number of rotatable bonds is 2. The highest BCUT2D eigenvalue weighted by Crippen LogP contribution is 2.26. The lowest BCUT2D eigenvalue weighted by atomic mass is 9.99. The van der Waals surface area contributed by atoms with Gasteiger partial charge < -0.3 is 19.5 Å². The third kappa shape index (κ3) is 2.85. The van der Waals surface area contributed by atoms with Gasteiger partial charge >= 0.3 is 0 Å². The van der Waals surface area contributed by atoms with Crippen molar-refractivity contribution in [2.45, 2.75) is 25.5 Å². The highest BCUT2D eigenvalue weighted by Gasteiger charge is 2.25. The molecular formula is C22H24N4O2. The molecule has 144 valence electrons. The molecule has 0 radical (unpaired) electrons. The van der Waals surface area contributed by atoms with E-state index in [4.69, 9.17) is 4.98 Å². The monoisotopic (exact) mass is 376 g/mol. The van der Waals surface area contributed by atoms with Crippen molar-refractivity contribution >= 4 is 22.9 Å². The first kappa shape index (κ1) is 17.3. The Labute approximate surface area is 164 Å². The van der Waals surface area contributed by atoms with Crippen LogP contribution in [0, 0.1) is 0 Å². The molecule has 0 bridgehead atoms. The molecule has 0 unspecified atom stereocenters. The summed E-state index contributed by atoms with van der Waals surface area (Å²) in [6.45, 7) is 2.81. The zero-order chi connectivity index (χ0) is 19.3. The van der Waals surface area contributed by atoms with E-state index in [0.29, 0.717) is 18.7 Å². The molecule has 1 aromatic heterocycles. The smallest absolute Gasteiger partial charge is 0.254 e. The standard InChI is InChI=1S/C22H24N4O2/c1-24-20-7-6-16(12-19(20)23-22(24)26-11-9-18(27)14-26)21(28)25-10-8-15-4-2-3-5-17(15)13-25/h2-7,12,18,27H,8-11,13-14H2,1H3/t18-/m0/s1. The first-order valence-corrected chi connectivity index (χ1v) is 9.86. The fraction of sp³-hybridized carbons (Fsp3) is 0.364. The molecule has 2 aliphatic heterocycles. The van der Waals surface area contributed by atoms with Gasteiger partial charge in [0.25, 0.3) is 5.91 Å². The number of aromatic nitrogens is 2. The summed E-state index contributed by atoms with van der Waals surface area (Å²) in [4.78, 5) is 21.9. The minimum atomic E-state index is -0.293. The molecule has 2 aliphatic rings. The Morgan fingerprint density at radius 3 is 2.75 bits per heavy atom. The van der Waals surface area contributed by atoms with Gasteiger partial charge in [-0.3, -0.25) is 4.79 Å². The number of nitrogens with zero attached hydrogens (tertiary/aromatic N) is 4. The van der Waals surface area contributed by atoms with Crippen LogP contribution in [0.4, 0.5) is 5.95 Å². The van der Waals surface area contributed by atoms with Crippen LogP contribution in [0.2, 0.25) is 0 Å². The van der Waals surface area contributed by atoms with E-state index < -0.39 is 0 Å². The van der Waals surface area contributed by atoms with Crippen LogP contribution in [0.25, 0.3) is 11.0 Å². The van der Waals surface area contributed by atoms with Gasteiger partial charge in [-0.2, -0.15) is 0 Å². The molecule has 1 N–H and O–H groups in total. The number of aliphatic hydroxyl groups excluding tert-OH is 1. The van der Waals surface area contributed by atoms with Crippen molar-refractivity contribution in [3.63, 3.8) is 0 Å². The Hall–Kier alpha value is -2.86. The lowest BCUT2D eigenvalue weighted by Crippen LogP contribution is -2.35. The highest BCUT2D eigenvalue weighted by atomic mass is 16.3. The van der Waals surface area contributed by atoms with Crippen molar-refractivity contribution in [2.75, 3.05) is 24.5 Å². The fourth-order valence-electron chi connectivity index (χ4n) is 4.38. The second-order valence-electron chi connectivity index (χ2n) is 7.81. The Bertz CT molecular complexity index is 1060. The molecule has 0 spiro atoms. The summed E-state index contributed by atoms with van der Waals surface area (Å²) >= 11 is 0. The maximum atomic E-state index is 13.1. The predicted molar refractivity (Wildman–Crippen MR) is 108 cm³/mol. The van der Waals surface area contributed by atoms with Crippen LogP contribution in [0.1, 0.15) is 27.9 Å². The molecule has 28 heavy (non-hydrogen) atoms. The summed E-state index contributed by atoms with van der Waals surface area (Å²) in [5.74, 6) is 0.906. The van der Waals surface area contributed by atoms with Gasteiger partial charge in [-0.15, -0.1) is 0 Å². The summed E-state index contributed by atoms with van der Waals surface area (Å²) in [5, 5.41) is 9.83. The molecule has 1 amide bonds. The second-order valence-corrected chi connectivity index (χ2v) is 7.81. The molecular weight excluding hydrogens is 352 g/mol. The van der Waals surface area contributed by atoms with Gasteiger partial charge in [0.15, 0.2) is 0 Å². The number of carbonyl (C=O) groups is 1. The molecule has 3 heterocycles. The molecule has 5 rings (SSSR count). The number of aryl methyl sites for hydroxylation is 1. The van der Waals surface area contributed by atoms with E-state index in [0.717, 1.165) is 42.9 Å². The van der Waals surface area contributed by atoms with Crippen LogP contribution >= 0.6 is 0 Å². The average molecular weight is 376 g/mol. The van der Waals surface area contributed by atoms with Crippen molar-refractivity contribution in [2.24, 2.45) is 7.05 Å². The molecule has 6 heteroatoms. The number of imidazole rings is 1. The normalized spacial score (nSPS) is 19.3. The fourth-order valence-corrected chi connectivity index (χ4v) is 4.38. The van der Waals surface area contributed by atoms with Gasteiger partial charge in [-0.25, -0.2) is 4.98 Å². The van der Waals surface area contributed by atoms with E-state index in [9.17, 15) is 9.90 Å². The number of anilines is 1. The lowest BCUT2D eigenvalue weighted by Gasteiger charge is -2.29. The third-order valence-corrected chi connectivity index (χ3v) is 5.97. The van der Waals surface area contributed by atoms with Crippen molar-refractivity contribution in [1.29, 1.82) is 0 Å². The highest BCUT2D eigenvalue weighted by molar-refractivity contribution is 5.98. The zero-order valence-corrected chi connectivity index (χ0v) is 16.0. The number of β-amino-alcohol motifs (C(OH)–C–C–N with tert-alkyl or cyclic N) is 1. The number of carbonyl (C=O) groups excluding carboxylic acids is 1. The number of hydrogen-bond donors (Lipinski definition) is 1. The van der Waals surface area contributed by atoms with Gasteiger partial charge in [-0.05, 0) is 42.2 Å². The van der Waals surface area contributed by atoms with Crippen molar-refractivity contribution in [3.8, 4) is 0 Å². The molecule has 1 fully saturated rings. The van der Waals surface area contributed by atoms with Gasteiger partial charge in [0.1, 0.15) is 0 Å². The third-order valence-electron chi connectivity index (χ3n) is 5.97. The molecule has 0 aliphatic carbocycles. The number of aliphatic hydroxyl groups is 1. The number of hydrogen-bond acceptors (Lipinski definition) is 4. The molecule has 0 saturated carbocycles. The molecule has 3 aromatic rings. The van der Waals surface area contributed by atoms with Crippen molar-refractivity contribution < 1.29 is 9.90 Å². The molecule has 1 saturated heterocycles. The average Bonchev–Trinajstić information content (AvgIpc) is 3.30. The van der Waals surface area contributed by atoms with Gasteiger partial charge in [0.2, 0.25) is 5.95 Å². The van der Waals surface area contributed by atoms with E-state index in [1.807, 2.05) is 40.8 Å². The second kappa shape index (κ2) is 6.63. The molecule has 6 nitrogen and oxygen atoms in total. The van der Waals surface area contributed by atoms with Gasteiger partial charge in [0.05, 0.1) is 17.1 Å². The van der Waals surface area contributed by atoms with Crippen LogP contribution in [-0.4, -0.2) is 51.2 Å². The van der Waals surface area contributed by atoms with Crippen molar-refractivity contribution in [3.05, 3.63) is 59.2 Å². The summed E-state index contributed by atoms with van der Waals surface area (Å²) in [5.41, 5.74) is 5.07. The van der Waals surface area contributed by atoms with Crippen LogP contribution in [-0.2, 0) is 20.0 Å². The maximum Gasteiger partial charge on any atom is 0.254 e. The van der Waals surface area contributed by atoms with Crippen LogP contribution < -0.4 is 4.90 Å². The van der Waals surface area contributed by atoms with E-state index in [2.05, 4.69) is 23.1 Å². The number of fused-ring (bicyclic) bond motifs is 2. The summed E-state index contributed by atoms with van der Waals surface area (Å²) in [6, 6.07) is 14.1. The zero-order valence-electron chi connectivity index (χ0n) is 16.0. The minimum Gasteiger partial charge on any atom is -0.391 e. The van der Waals surface area contributed by atoms with E-state index in [1.165, 1.54) is 11.1 Å². The summed E-state index contributed by atoms with van der Waals surface area (Å²) in [6.07, 6.45) is 1.37. The maximum absolute atomic E-state index is 13.1. The first-order chi connectivity index (χ1) is 13.6. The Morgan fingerprint density at radius 1 is 1.14 bits per heavy atom. The number of amides is 1. The Balaban J connectivity index is 1.43. The van der Waals surface area contributed by atoms with Gasteiger partial charge in [0, 0.05) is 38.8 Å². The first-order valence-electron chi connectivity index (χ1n) is 9.86. The predicted octanol–water partition coefficient (Wildman–Crippen LogP) is 2.34. The largest absolute Gasteiger partial charge is 0.391 e. The molecule has 2 aromatic carbocycles. The quantitative estimate of drug-likeness (QED) is 0.746. The summed E-state index contributed by atoms with van der Waals surface area (Å²) < 4.78 is 2.04. The van der Waals surface area contributed by atoms with Crippen LogP contribution in [0.15, 0.2) is 42.5 Å². The van der Waals surface area contributed by atoms with Crippen LogP contribution in [0.3, 0.4) is 0 Å². The Kier molecular flexibility index (Phi) is 4.09. The van der Waals surface area contributed by atoms with Crippen molar-refractivity contribution in [1.82, 2.24) is 14.5 Å². The Morgan fingerprint density at radius 2 is 1.96 bits per heavy atom. The molecule has 1 atom stereocenters. The van der Waals surface area contributed by atoms with E-state index in [-0.39, 0.29) is 12.0 Å². The number of benzene rings is 2. The summed E-state index contributed by atoms with van der Waals surface area (Å²) in [7, 11) is 1.98. The lowest BCUT2D eigenvalue weighted by molar-refractivity contribution is 0.0735. The minimum absolute atomic E-state index is 0.0557. The van der Waals surface area contributed by atoms with Crippen LogP contribution in [0.5, 0.6) is 0 Å². The van der Waals surface area contributed by atoms with E-state index >= 15 is 0 Å². The van der Waals surface area contributed by atoms with E-state index in [1.54, 1.807) is 0 Å². The van der Waals surface area contributed by atoms with Gasteiger partial charge in [-0.1, -0.05) is 24.3 Å².